The Kier molecular flexibility index (Phi) is 2.88. The van der Waals surface area contributed by atoms with E-state index >= 15 is 0 Å². The lowest BCUT2D eigenvalue weighted by atomic mass is 9.91. The van der Waals surface area contributed by atoms with E-state index in [1.165, 1.54) is 5.57 Å². The minimum atomic E-state index is -0.354. The van der Waals surface area contributed by atoms with Crippen molar-refractivity contribution in [3.8, 4) is 6.07 Å². The van der Waals surface area contributed by atoms with E-state index in [1.54, 1.807) is 6.21 Å². The monoisotopic (exact) mass is 204 g/mol. The van der Waals surface area contributed by atoms with Crippen molar-refractivity contribution in [3.05, 3.63) is 11.6 Å². The third-order valence-corrected chi connectivity index (χ3v) is 2.79. The lowest BCUT2D eigenvalue weighted by molar-refractivity contribution is 0.0517. The van der Waals surface area contributed by atoms with Crippen molar-refractivity contribution >= 4 is 6.21 Å². The van der Waals surface area contributed by atoms with E-state index in [0.717, 1.165) is 12.8 Å². The van der Waals surface area contributed by atoms with Crippen LogP contribution in [-0.2, 0) is 4.74 Å². The predicted octanol–water partition coefficient (Wildman–Crippen LogP) is 2.09. The fourth-order valence-corrected chi connectivity index (χ4v) is 1.76. The zero-order valence-corrected chi connectivity index (χ0v) is 9.18. The fraction of sp³-hybridized carbons (Fsp3) is 0.667. The summed E-state index contributed by atoms with van der Waals surface area (Å²) < 4.78 is 5.88. The largest absolute Gasteiger partial charge is 0.367 e. The van der Waals surface area contributed by atoms with E-state index in [-0.39, 0.29) is 12.1 Å². The summed E-state index contributed by atoms with van der Waals surface area (Å²) in [6, 6.07) is 1.85. The van der Waals surface area contributed by atoms with Crippen LogP contribution >= 0.6 is 0 Å². The van der Waals surface area contributed by atoms with Crippen molar-refractivity contribution in [1.29, 1.82) is 5.26 Å². The van der Waals surface area contributed by atoms with E-state index in [1.807, 2.05) is 6.08 Å². The molecule has 1 heterocycles. The maximum Gasteiger partial charge on any atom is 0.166 e. The third kappa shape index (κ3) is 2.27. The number of dihydropyridines is 1. The van der Waals surface area contributed by atoms with Crippen molar-refractivity contribution in [1.82, 2.24) is 0 Å². The van der Waals surface area contributed by atoms with Gasteiger partial charge in [0.15, 0.2) is 6.04 Å². The Bertz CT molecular complexity index is 334. The van der Waals surface area contributed by atoms with Crippen LogP contribution in [0.4, 0.5) is 0 Å². The zero-order chi connectivity index (χ0) is 10.8. The summed E-state index contributed by atoms with van der Waals surface area (Å²) >= 11 is 0. The van der Waals surface area contributed by atoms with Crippen molar-refractivity contribution in [3.63, 3.8) is 0 Å². The molecule has 0 radical (unpaired) electrons. The maximum atomic E-state index is 9.02. The molecule has 0 amide bonds. The van der Waals surface area contributed by atoms with E-state index in [2.05, 4.69) is 24.9 Å². The van der Waals surface area contributed by atoms with Crippen LogP contribution in [0.25, 0.3) is 0 Å². The van der Waals surface area contributed by atoms with Gasteiger partial charge in [-0.1, -0.05) is 13.8 Å². The van der Waals surface area contributed by atoms with Gasteiger partial charge in [0, 0.05) is 6.21 Å². The summed E-state index contributed by atoms with van der Waals surface area (Å²) in [6.45, 7) is 4.26. The van der Waals surface area contributed by atoms with Crippen LogP contribution in [0.5, 0.6) is 0 Å². The lowest BCUT2D eigenvalue weighted by Crippen LogP contribution is -2.33. The average molecular weight is 204 g/mol. The topological polar surface area (TPSA) is 45.4 Å². The summed E-state index contributed by atoms with van der Waals surface area (Å²) in [4.78, 5) is 4.16. The number of hydrogen-bond donors (Lipinski definition) is 0. The molecule has 2 atom stereocenters. The number of aliphatic imine (C=N–C) groups is 1. The molecular weight excluding hydrogens is 188 g/mol. The van der Waals surface area contributed by atoms with Gasteiger partial charge >= 0.3 is 0 Å². The Morgan fingerprint density at radius 3 is 2.80 bits per heavy atom. The Balaban J connectivity index is 2.15. The Morgan fingerprint density at radius 2 is 2.27 bits per heavy atom. The second kappa shape index (κ2) is 4.16. The Morgan fingerprint density at radius 1 is 1.53 bits per heavy atom. The Labute approximate surface area is 90.5 Å². The molecule has 3 heteroatoms. The molecule has 3 nitrogen and oxygen atoms in total. The maximum absolute atomic E-state index is 9.02. The number of nitriles is 1. The second-order valence-electron chi connectivity index (χ2n) is 4.45. The lowest BCUT2D eigenvalue weighted by Gasteiger charge is -2.27. The number of ether oxygens (including phenoxy) is 1. The highest BCUT2D eigenvalue weighted by Gasteiger charge is 2.34. The first-order chi connectivity index (χ1) is 7.22. The SMILES string of the molecule is CC(C)C1=CC=NC(C#N)C1OC1CC1. The molecule has 1 aliphatic carbocycles. The highest BCUT2D eigenvalue weighted by molar-refractivity contribution is 5.74. The normalized spacial score (nSPS) is 30.1. The molecule has 2 rings (SSSR count). The van der Waals surface area contributed by atoms with Crippen LogP contribution in [0.15, 0.2) is 16.6 Å². The quantitative estimate of drug-likeness (QED) is 0.706. The standard InChI is InChI=1S/C12H16N2O/c1-8(2)10-5-6-14-11(7-13)12(10)15-9-3-4-9/h5-6,8-9,11-12H,3-4H2,1-2H3. The van der Waals surface area contributed by atoms with Crippen LogP contribution < -0.4 is 0 Å². The molecule has 0 spiro atoms. The molecule has 1 saturated carbocycles. The van der Waals surface area contributed by atoms with E-state index in [4.69, 9.17) is 10.00 Å². The van der Waals surface area contributed by atoms with Crippen LogP contribution in [0.3, 0.4) is 0 Å². The molecule has 0 N–H and O–H groups in total. The van der Waals surface area contributed by atoms with Gasteiger partial charge < -0.3 is 4.74 Å². The molecular formula is C12H16N2O. The molecule has 2 aliphatic rings. The van der Waals surface area contributed by atoms with Gasteiger partial charge in [-0.25, -0.2) is 0 Å². The molecule has 1 aliphatic heterocycles. The van der Waals surface area contributed by atoms with Gasteiger partial charge in [0.05, 0.1) is 12.2 Å². The van der Waals surface area contributed by atoms with E-state index in [9.17, 15) is 0 Å². The summed E-state index contributed by atoms with van der Waals surface area (Å²) in [5.74, 6) is 0.413. The molecule has 80 valence electrons. The molecule has 15 heavy (non-hydrogen) atoms. The highest BCUT2D eigenvalue weighted by Crippen LogP contribution is 2.31. The molecule has 0 aromatic carbocycles. The predicted molar refractivity (Wildman–Crippen MR) is 58.7 cm³/mol. The average Bonchev–Trinajstić information content (AvgIpc) is 3.01. The number of nitrogens with zero attached hydrogens (tertiary/aromatic N) is 2. The first-order valence-corrected chi connectivity index (χ1v) is 5.50. The van der Waals surface area contributed by atoms with Crippen molar-refractivity contribution < 1.29 is 4.74 Å². The van der Waals surface area contributed by atoms with Gasteiger partial charge in [-0.3, -0.25) is 4.99 Å². The van der Waals surface area contributed by atoms with Gasteiger partial charge in [0.2, 0.25) is 0 Å². The van der Waals surface area contributed by atoms with Crippen molar-refractivity contribution in [2.24, 2.45) is 10.9 Å². The Hall–Kier alpha value is -1.14. The van der Waals surface area contributed by atoms with Gasteiger partial charge in [-0.15, -0.1) is 0 Å². The van der Waals surface area contributed by atoms with Crippen molar-refractivity contribution in [2.75, 3.05) is 0 Å². The van der Waals surface area contributed by atoms with Crippen LogP contribution in [0.1, 0.15) is 26.7 Å². The highest BCUT2D eigenvalue weighted by atomic mass is 16.5. The second-order valence-corrected chi connectivity index (χ2v) is 4.45. The molecule has 0 aromatic rings. The molecule has 0 aromatic heterocycles. The molecule has 0 bridgehead atoms. The fourth-order valence-electron chi connectivity index (χ4n) is 1.76. The van der Waals surface area contributed by atoms with E-state index in [0.29, 0.717) is 12.0 Å². The molecule has 0 saturated heterocycles. The van der Waals surface area contributed by atoms with Crippen molar-refractivity contribution in [2.45, 2.75) is 44.9 Å². The summed E-state index contributed by atoms with van der Waals surface area (Å²) in [6.07, 6.45) is 6.23. The minimum Gasteiger partial charge on any atom is -0.367 e. The van der Waals surface area contributed by atoms with Gasteiger partial charge in [0.1, 0.15) is 6.10 Å². The molecule has 2 unspecified atom stereocenters. The van der Waals surface area contributed by atoms with Gasteiger partial charge in [0.25, 0.3) is 0 Å². The van der Waals surface area contributed by atoms with Gasteiger partial charge in [-0.2, -0.15) is 5.26 Å². The summed E-state index contributed by atoms with van der Waals surface area (Å²) in [5, 5.41) is 9.02. The number of rotatable bonds is 3. The summed E-state index contributed by atoms with van der Waals surface area (Å²) in [7, 11) is 0. The number of allylic oxidation sites excluding steroid dienone is 1. The minimum absolute atomic E-state index is 0.118. The number of hydrogen-bond acceptors (Lipinski definition) is 3. The van der Waals surface area contributed by atoms with E-state index < -0.39 is 0 Å². The third-order valence-electron chi connectivity index (χ3n) is 2.79. The smallest absolute Gasteiger partial charge is 0.166 e. The van der Waals surface area contributed by atoms with Crippen LogP contribution in [0, 0.1) is 17.2 Å². The van der Waals surface area contributed by atoms with Crippen LogP contribution in [0.2, 0.25) is 0 Å². The molecule has 1 fully saturated rings. The zero-order valence-electron chi connectivity index (χ0n) is 9.18. The summed E-state index contributed by atoms with van der Waals surface area (Å²) in [5.41, 5.74) is 1.20. The first kappa shape index (κ1) is 10.4. The van der Waals surface area contributed by atoms with Crippen LogP contribution in [-0.4, -0.2) is 24.5 Å². The first-order valence-electron chi connectivity index (χ1n) is 5.50. The van der Waals surface area contributed by atoms with Gasteiger partial charge in [-0.05, 0) is 30.4 Å².